The van der Waals surface area contributed by atoms with Crippen LogP contribution in [0.25, 0.3) is 0 Å². The lowest BCUT2D eigenvalue weighted by Gasteiger charge is -2.13. The van der Waals surface area contributed by atoms with E-state index in [1.807, 2.05) is 12.1 Å². The summed E-state index contributed by atoms with van der Waals surface area (Å²) in [6.07, 6.45) is 6.63. The number of pyridine rings is 1. The van der Waals surface area contributed by atoms with Gasteiger partial charge in [0.25, 0.3) is 0 Å². The van der Waals surface area contributed by atoms with Crippen LogP contribution >= 0.6 is 0 Å². The predicted molar refractivity (Wildman–Crippen MR) is 92.3 cm³/mol. The van der Waals surface area contributed by atoms with Crippen molar-refractivity contribution in [3.05, 3.63) is 89.0 Å². The quantitative estimate of drug-likeness (QED) is 0.705. The highest BCUT2D eigenvalue weighted by molar-refractivity contribution is 5.26. The van der Waals surface area contributed by atoms with Crippen LogP contribution in [0.4, 0.5) is 4.39 Å². The molecule has 0 saturated carbocycles. The fourth-order valence-electron chi connectivity index (χ4n) is 2.84. The molecule has 1 aromatic carbocycles. The van der Waals surface area contributed by atoms with Crippen molar-refractivity contribution in [1.82, 2.24) is 15.0 Å². The molecule has 3 rings (SSSR count). The average molecular weight is 321 g/mol. The van der Waals surface area contributed by atoms with Gasteiger partial charge < -0.3 is 0 Å². The van der Waals surface area contributed by atoms with Crippen LogP contribution in [-0.2, 0) is 12.8 Å². The van der Waals surface area contributed by atoms with Gasteiger partial charge in [-0.05, 0) is 54.7 Å². The van der Waals surface area contributed by atoms with E-state index in [1.54, 1.807) is 18.6 Å². The number of halogens is 1. The number of nitrogens with zero attached hydrogens (tertiary/aromatic N) is 3. The van der Waals surface area contributed by atoms with E-state index < -0.39 is 0 Å². The third-order valence-electron chi connectivity index (χ3n) is 4.01. The molecule has 0 aliphatic heterocycles. The van der Waals surface area contributed by atoms with Crippen molar-refractivity contribution in [1.29, 1.82) is 0 Å². The van der Waals surface area contributed by atoms with Crippen molar-refractivity contribution in [3.8, 4) is 0 Å². The summed E-state index contributed by atoms with van der Waals surface area (Å²) in [7, 11) is 0. The third-order valence-corrected chi connectivity index (χ3v) is 4.01. The van der Waals surface area contributed by atoms with Gasteiger partial charge in [-0.2, -0.15) is 0 Å². The number of hydrogen-bond acceptors (Lipinski definition) is 3. The predicted octanol–water partition coefficient (Wildman–Crippen LogP) is 4.26. The van der Waals surface area contributed by atoms with Gasteiger partial charge >= 0.3 is 0 Å². The van der Waals surface area contributed by atoms with E-state index >= 15 is 0 Å². The molecule has 0 aliphatic rings. The van der Waals surface area contributed by atoms with Crippen LogP contribution in [0.15, 0.2) is 55.0 Å². The Balaban J connectivity index is 1.77. The zero-order valence-corrected chi connectivity index (χ0v) is 13.9. The van der Waals surface area contributed by atoms with Crippen LogP contribution in [0.1, 0.15) is 41.1 Å². The molecule has 0 aliphatic carbocycles. The average Bonchev–Trinajstić information content (AvgIpc) is 2.55. The van der Waals surface area contributed by atoms with Gasteiger partial charge in [-0.25, -0.2) is 4.39 Å². The molecule has 0 spiro atoms. The van der Waals surface area contributed by atoms with Crippen molar-refractivity contribution in [2.24, 2.45) is 0 Å². The minimum absolute atomic E-state index is 0.203. The van der Waals surface area contributed by atoms with E-state index in [0.717, 1.165) is 29.1 Å². The number of hydrogen-bond donors (Lipinski definition) is 0. The maximum Gasteiger partial charge on any atom is 0.123 e. The van der Waals surface area contributed by atoms with Crippen LogP contribution in [-0.4, -0.2) is 15.0 Å². The van der Waals surface area contributed by atoms with Crippen molar-refractivity contribution >= 4 is 0 Å². The number of rotatable bonds is 5. The molecule has 3 aromatic rings. The van der Waals surface area contributed by atoms with E-state index in [4.69, 9.17) is 4.98 Å². The molecule has 3 nitrogen and oxygen atoms in total. The van der Waals surface area contributed by atoms with Gasteiger partial charge in [0.05, 0.1) is 5.69 Å². The molecule has 0 saturated heterocycles. The summed E-state index contributed by atoms with van der Waals surface area (Å²) in [6, 6.07) is 10.9. The van der Waals surface area contributed by atoms with Crippen LogP contribution in [0.3, 0.4) is 0 Å². The van der Waals surface area contributed by atoms with Gasteiger partial charge in [0.1, 0.15) is 5.82 Å². The van der Waals surface area contributed by atoms with E-state index in [0.29, 0.717) is 6.42 Å². The van der Waals surface area contributed by atoms with Crippen LogP contribution in [0, 0.1) is 12.7 Å². The van der Waals surface area contributed by atoms with Gasteiger partial charge in [-0.3, -0.25) is 15.0 Å². The van der Waals surface area contributed by atoms with Gasteiger partial charge in [0.2, 0.25) is 0 Å². The molecule has 122 valence electrons. The lowest BCUT2D eigenvalue weighted by atomic mass is 9.95. The summed E-state index contributed by atoms with van der Waals surface area (Å²) < 4.78 is 13.1. The minimum atomic E-state index is -0.203. The maximum absolute atomic E-state index is 13.1. The van der Waals surface area contributed by atoms with Crippen molar-refractivity contribution in [2.75, 3.05) is 0 Å². The fourth-order valence-corrected chi connectivity index (χ4v) is 2.84. The van der Waals surface area contributed by atoms with E-state index in [-0.39, 0.29) is 11.7 Å². The van der Waals surface area contributed by atoms with Gasteiger partial charge in [0.15, 0.2) is 0 Å². The molecule has 0 N–H and O–H groups in total. The van der Waals surface area contributed by atoms with Crippen molar-refractivity contribution in [2.45, 2.75) is 32.6 Å². The Hall–Kier alpha value is -2.62. The van der Waals surface area contributed by atoms with Crippen LogP contribution in [0.2, 0.25) is 0 Å². The minimum Gasteiger partial charge on any atom is -0.261 e. The molecule has 0 amide bonds. The highest BCUT2D eigenvalue weighted by atomic mass is 19.1. The molecule has 1 atom stereocenters. The number of benzene rings is 1. The highest BCUT2D eigenvalue weighted by Gasteiger charge is 2.10. The maximum atomic E-state index is 13.1. The first kappa shape index (κ1) is 16.2. The summed E-state index contributed by atoms with van der Waals surface area (Å²) in [6.45, 7) is 4.22. The molecule has 0 fully saturated rings. The second kappa shape index (κ2) is 7.30. The van der Waals surface area contributed by atoms with Crippen LogP contribution < -0.4 is 0 Å². The Labute approximate surface area is 141 Å². The third kappa shape index (κ3) is 4.22. The number of aromatic nitrogens is 3. The zero-order valence-electron chi connectivity index (χ0n) is 13.9. The van der Waals surface area contributed by atoms with E-state index in [2.05, 4.69) is 35.9 Å². The fraction of sp³-hybridized carbons (Fsp3) is 0.250. The second-order valence-corrected chi connectivity index (χ2v) is 6.16. The summed E-state index contributed by atoms with van der Waals surface area (Å²) in [5.41, 5.74) is 5.26. The van der Waals surface area contributed by atoms with Gasteiger partial charge in [-0.1, -0.05) is 19.1 Å². The highest BCUT2D eigenvalue weighted by Crippen LogP contribution is 2.21. The first-order valence-corrected chi connectivity index (χ1v) is 8.07. The molecule has 4 heteroatoms. The molecule has 0 unspecified atom stereocenters. The molecule has 0 radical (unpaired) electrons. The second-order valence-electron chi connectivity index (χ2n) is 6.16. The van der Waals surface area contributed by atoms with Crippen LogP contribution in [0.5, 0.6) is 0 Å². The molecular formula is C20H20FN3. The van der Waals surface area contributed by atoms with Crippen molar-refractivity contribution in [3.63, 3.8) is 0 Å². The van der Waals surface area contributed by atoms with E-state index in [9.17, 15) is 4.39 Å². The van der Waals surface area contributed by atoms with Gasteiger partial charge in [0, 0.05) is 36.4 Å². The summed E-state index contributed by atoms with van der Waals surface area (Å²) >= 11 is 0. The Kier molecular flexibility index (Phi) is 4.94. The Morgan fingerprint density at radius 3 is 2.46 bits per heavy atom. The SMILES string of the molecule is Cc1cc(Cc2cnccn2)nc(C[C@@H](C)c2ccc(F)cc2)c1. The first-order chi connectivity index (χ1) is 11.6. The Morgan fingerprint density at radius 2 is 1.75 bits per heavy atom. The standard InChI is InChI=1S/C20H20FN3/c1-14-9-18(11-15(2)16-3-5-17(21)6-4-16)24-19(10-14)12-20-13-22-7-8-23-20/h3-10,13,15H,11-12H2,1-2H3/t15-/m1/s1. The molecule has 2 heterocycles. The monoisotopic (exact) mass is 321 g/mol. The van der Waals surface area contributed by atoms with Crippen molar-refractivity contribution < 1.29 is 4.39 Å². The summed E-state index contributed by atoms with van der Waals surface area (Å²) in [4.78, 5) is 13.2. The molecule has 0 bridgehead atoms. The lowest BCUT2D eigenvalue weighted by Crippen LogP contribution is -2.04. The molecular weight excluding hydrogens is 301 g/mol. The number of aryl methyl sites for hydroxylation is 1. The zero-order chi connectivity index (χ0) is 16.9. The normalized spacial score (nSPS) is 12.1. The topological polar surface area (TPSA) is 38.7 Å². The Bertz CT molecular complexity index is 801. The largest absolute Gasteiger partial charge is 0.261 e. The summed E-state index contributed by atoms with van der Waals surface area (Å²) in [5.74, 6) is 0.0788. The summed E-state index contributed by atoms with van der Waals surface area (Å²) in [5, 5.41) is 0. The smallest absolute Gasteiger partial charge is 0.123 e. The first-order valence-electron chi connectivity index (χ1n) is 8.07. The lowest BCUT2D eigenvalue weighted by molar-refractivity contribution is 0.625. The molecule has 2 aromatic heterocycles. The molecule has 24 heavy (non-hydrogen) atoms. The van der Waals surface area contributed by atoms with Gasteiger partial charge in [-0.15, -0.1) is 0 Å². The Morgan fingerprint density at radius 1 is 1.00 bits per heavy atom. The van der Waals surface area contributed by atoms with E-state index in [1.165, 1.54) is 17.7 Å².